The van der Waals surface area contributed by atoms with Gasteiger partial charge in [-0.15, -0.1) is 0 Å². The van der Waals surface area contributed by atoms with E-state index in [-0.39, 0.29) is 23.7 Å². The second-order valence-electron chi connectivity index (χ2n) is 6.82. The Balaban J connectivity index is 2.00. The summed E-state index contributed by atoms with van der Waals surface area (Å²) in [7, 11) is -6.76. The van der Waals surface area contributed by atoms with Crippen LogP contribution in [0.4, 0.5) is 0 Å². The van der Waals surface area contributed by atoms with Crippen molar-refractivity contribution in [3.8, 4) is 0 Å². The van der Waals surface area contributed by atoms with Crippen LogP contribution in [0.15, 0.2) is 34.4 Å². The van der Waals surface area contributed by atoms with Gasteiger partial charge < -0.3 is 10.2 Å². The molecule has 2 rings (SSSR count). The van der Waals surface area contributed by atoms with Crippen molar-refractivity contribution in [1.82, 2.24) is 19.9 Å². The molecule has 1 aliphatic rings. The highest BCUT2D eigenvalue weighted by Crippen LogP contribution is 2.23. The molecule has 1 aromatic heterocycles. The van der Waals surface area contributed by atoms with Gasteiger partial charge in [-0.1, -0.05) is 0 Å². The van der Waals surface area contributed by atoms with E-state index in [2.05, 4.69) is 20.0 Å². The van der Waals surface area contributed by atoms with E-state index in [0.29, 0.717) is 25.6 Å². The van der Waals surface area contributed by atoms with E-state index in [1.165, 1.54) is 18.5 Å². The Labute approximate surface area is 161 Å². The van der Waals surface area contributed by atoms with Crippen LogP contribution in [0.2, 0.25) is 0 Å². The third-order valence-corrected chi connectivity index (χ3v) is 8.27. The van der Waals surface area contributed by atoms with Gasteiger partial charge in [0.05, 0.1) is 17.0 Å². The Kier molecular flexibility index (Phi) is 6.82. The van der Waals surface area contributed by atoms with E-state index in [1.54, 1.807) is 19.9 Å². The number of pyridine rings is 1. The fraction of sp³-hybridized carbons (Fsp3) is 0.625. The first-order chi connectivity index (χ1) is 12.6. The number of hydrogen-bond acceptors (Lipinski definition) is 6. The van der Waals surface area contributed by atoms with Gasteiger partial charge in [-0.2, -0.15) is 0 Å². The average molecular weight is 418 g/mol. The number of aliphatic imine (C=N–C) groups is 1. The molecule has 2 N–H and O–H groups in total. The zero-order chi connectivity index (χ0) is 20.1. The molecule has 1 aliphatic heterocycles. The van der Waals surface area contributed by atoms with Crippen molar-refractivity contribution in [2.24, 2.45) is 4.99 Å². The summed E-state index contributed by atoms with van der Waals surface area (Å²) < 4.78 is 50.3. The summed E-state index contributed by atoms with van der Waals surface area (Å²) >= 11 is 0. The standard InChI is InChI=1S/C16H27N5O4S2/c1-4-18-15(21-10-11-26(22,23)16(2,3)13-21)19-8-9-20-27(24,25)14-6-5-7-17-12-14/h5-7,12,20H,4,8-11,13H2,1-3H3,(H,18,19). The van der Waals surface area contributed by atoms with Crippen molar-refractivity contribution in [2.75, 3.05) is 38.5 Å². The summed E-state index contributed by atoms with van der Waals surface area (Å²) in [6, 6.07) is 3.03. The Morgan fingerprint density at radius 2 is 2.15 bits per heavy atom. The van der Waals surface area contributed by atoms with Crippen LogP contribution < -0.4 is 10.0 Å². The summed E-state index contributed by atoms with van der Waals surface area (Å²) in [4.78, 5) is 10.3. The molecule has 1 fully saturated rings. The Hall–Kier alpha value is -1.72. The smallest absolute Gasteiger partial charge is 0.242 e. The first kappa shape index (κ1) is 21.6. The molecule has 1 saturated heterocycles. The van der Waals surface area contributed by atoms with Crippen LogP contribution in [0.3, 0.4) is 0 Å². The molecule has 0 saturated carbocycles. The highest BCUT2D eigenvalue weighted by Gasteiger charge is 2.40. The fourth-order valence-corrected chi connectivity index (χ4v) is 5.03. The Morgan fingerprint density at radius 3 is 2.74 bits per heavy atom. The molecule has 0 unspecified atom stereocenters. The minimum atomic E-state index is -3.62. The molecule has 0 atom stereocenters. The number of rotatable bonds is 6. The molecule has 2 heterocycles. The molecule has 0 radical (unpaired) electrons. The van der Waals surface area contributed by atoms with Crippen molar-refractivity contribution in [1.29, 1.82) is 0 Å². The molecule has 0 aliphatic carbocycles. The maximum atomic E-state index is 12.2. The first-order valence-corrected chi connectivity index (χ1v) is 11.9. The van der Waals surface area contributed by atoms with Crippen LogP contribution >= 0.6 is 0 Å². The van der Waals surface area contributed by atoms with E-state index in [1.807, 2.05) is 11.8 Å². The van der Waals surface area contributed by atoms with Crippen LogP contribution in [0, 0.1) is 0 Å². The number of nitrogens with zero attached hydrogens (tertiary/aromatic N) is 3. The number of nitrogens with one attached hydrogen (secondary N) is 2. The number of guanidine groups is 1. The highest BCUT2D eigenvalue weighted by molar-refractivity contribution is 7.92. The second kappa shape index (κ2) is 8.53. The fourth-order valence-electron chi connectivity index (χ4n) is 2.68. The average Bonchev–Trinajstić information content (AvgIpc) is 2.61. The van der Waals surface area contributed by atoms with Crippen molar-refractivity contribution in [2.45, 2.75) is 30.4 Å². The molecule has 11 heteroatoms. The van der Waals surface area contributed by atoms with E-state index in [4.69, 9.17) is 0 Å². The van der Waals surface area contributed by atoms with Crippen molar-refractivity contribution in [3.63, 3.8) is 0 Å². The normalized spacial score (nSPS) is 19.7. The lowest BCUT2D eigenvalue weighted by Gasteiger charge is -2.39. The number of sulfonamides is 1. The van der Waals surface area contributed by atoms with Crippen LogP contribution in [0.1, 0.15) is 20.8 Å². The summed E-state index contributed by atoms with van der Waals surface area (Å²) in [6.07, 6.45) is 2.79. The molecular formula is C16H27N5O4S2. The predicted octanol–water partition coefficient (Wildman–Crippen LogP) is -0.166. The third kappa shape index (κ3) is 5.39. The summed E-state index contributed by atoms with van der Waals surface area (Å²) in [5.41, 5.74) is 0. The maximum absolute atomic E-state index is 12.2. The third-order valence-electron chi connectivity index (χ3n) is 4.29. The minimum absolute atomic E-state index is 0.0675. The monoisotopic (exact) mass is 417 g/mol. The van der Waals surface area contributed by atoms with Gasteiger partial charge in [-0.3, -0.25) is 9.98 Å². The van der Waals surface area contributed by atoms with Crippen molar-refractivity contribution < 1.29 is 16.8 Å². The lowest BCUT2D eigenvalue weighted by atomic mass is 10.2. The van der Waals surface area contributed by atoms with Crippen LogP contribution in [0.5, 0.6) is 0 Å². The van der Waals surface area contributed by atoms with Crippen LogP contribution in [0.25, 0.3) is 0 Å². The van der Waals surface area contributed by atoms with Crippen molar-refractivity contribution in [3.05, 3.63) is 24.5 Å². The van der Waals surface area contributed by atoms with Gasteiger partial charge in [-0.25, -0.2) is 21.6 Å². The molecule has 152 valence electrons. The molecule has 9 nitrogen and oxygen atoms in total. The molecule has 27 heavy (non-hydrogen) atoms. The topological polar surface area (TPSA) is 121 Å². The number of hydrogen-bond donors (Lipinski definition) is 2. The highest BCUT2D eigenvalue weighted by atomic mass is 32.2. The molecule has 1 aromatic rings. The van der Waals surface area contributed by atoms with Gasteiger partial charge in [0.25, 0.3) is 0 Å². The van der Waals surface area contributed by atoms with E-state index < -0.39 is 24.6 Å². The maximum Gasteiger partial charge on any atom is 0.242 e. The second-order valence-corrected chi connectivity index (χ2v) is 11.3. The Morgan fingerprint density at radius 1 is 1.41 bits per heavy atom. The van der Waals surface area contributed by atoms with Crippen LogP contribution in [-0.4, -0.2) is 75.9 Å². The van der Waals surface area contributed by atoms with Gasteiger partial charge in [0.1, 0.15) is 4.90 Å². The zero-order valence-corrected chi connectivity index (χ0v) is 17.5. The van der Waals surface area contributed by atoms with Gasteiger partial charge >= 0.3 is 0 Å². The molecule has 0 bridgehead atoms. The van der Waals surface area contributed by atoms with Crippen molar-refractivity contribution >= 4 is 25.8 Å². The van der Waals surface area contributed by atoms with Gasteiger partial charge in [0, 0.05) is 38.6 Å². The van der Waals surface area contributed by atoms with E-state index in [9.17, 15) is 16.8 Å². The van der Waals surface area contributed by atoms with Gasteiger partial charge in [0.2, 0.25) is 10.0 Å². The lowest BCUT2D eigenvalue weighted by Crippen LogP contribution is -2.57. The van der Waals surface area contributed by atoms with E-state index in [0.717, 1.165) is 0 Å². The predicted molar refractivity (Wildman–Crippen MR) is 105 cm³/mol. The summed E-state index contributed by atoms with van der Waals surface area (Å²) in [6.45, 7) is 7.02. The van der Waals surface area contributed by atoms with Gasteiger partial charge in [0.15, 0.2) is 15.8 Å². The largest absolute Gasteiger partial charge is 0.357 e. The van der Waals surface area contributed by atoms with E-state index >= 15 is 0 Å². The molecular weight excluding hydrogens is 390 g/mol. The van der Waals surface area contributed by atoms with Gasteiger partial charge in [-0.05, 0) is 32.9 Å². The molecule has 0 aromatic carbocycles. The summed E-state index contributed by atoms with van der Waals surface area (Å²) in [5.74, 6) is 0.652. The Bertz CT molecular complexity index is 867. The molecule has 0 amide bonds. The quantitative estimate of drug-likeness (QED) is 0.375. The lowest BCUT2D eigenvalue weighted by molar-refractivity contribution is 0.353. The summed E-state index contributed by atoms with van der Waals surface area (Å²) in [5, 5.41) is 3.14. The number of aromatic nitrogens is 1. The first-order valence-electron chi connectivity index (χ1n) is 8.74. The minimum Gasteiger partial charge on any atom is -0.357 e. The molecule has 0 spiro atoms. The number of sulfone groups is 1. The van der Waals surface area contributed by atoms with Crippen LogP contribution in [-0.2, 0) is 19.9 Å². The SMILES string of the molecule is CCNC(=NCCNS(=O)(=O)c1cccnc1)N1CCS(=O)(=O)C(C)(C)C1. The zero-order valence-electron chi connectivity index (χ0n) is 15.8.